The van der Waals surface area contributed by atoms with Crippen LogP contribution in [0.25, 0.3) is 0 Å². The highest BCUT2D eigenvalue weighted by atomic mass is 16.3. The minimum absolute atomic E-state index is 0.377. The number of hydrogen-bond acceptors (Lipinski definition) is 2. The first kappa shape index (κ1) is 10.0. The summed E-state index contributed by atoms with van der Waals surface area (Å²) in [6, 6.07) is 0.695. The van der Waals surface area contributed by atoms with E-state index in [1.54, 1.807) is 0 Å². The molecule has 2 N–H and O–H groups in total. The predicted octanol–water partition coefficient (Wildman–Crippen LogP) is 1.39. The molecule has 2 heteroatoms. The van der Waals surface area contributed by atoms with Crippen LogP contribution in [0.2, 0.25) is 0 Å². The third-order valence-corrected chi connectivity index (χ3v) is 2.65. The molecule has 1 saturated carbocycles. The predicted molar refractivity (Wildman–Crippen MR) is 51.1 cm³/mol. The summed E-state index contributed by atoms with van der Waals surface area (Å²) in [4.78, 5) is 0. The third kappa shape index (κ3) is 3.11. The SMILES string of the molecule is CC(C)CCNC1CC(CO)C1. The molecule has 72 valence electrons. The van der Waals surface area contributed by atoms with Crippen molar-refractivity contribution in [3.8, 4) is 0 Å². The fourth-order valence-electron chi connectivity index (χ4n) is 1.63. The molecule has 0 amide bonds. The second-order valence-electron chi connectivity index (χ2n) is 4.35. The topological polar surface area (TPSA) is 32.3 Å². The molecule has 0 spiro atoms. The van der Waals surface area contributed by atoms with Crippen molar-refractivity contribution in [2.75, 3.05) is 13.2 Å². The normalized spacial score (nSPS) is 29.0. The summed E-state index contributed by atoms with van der Waals surface area (Å²) in [7, 11) is 0. The van der Waals surface area contributed by atoms with Crippen molar-refractivity contribution >= 4 is 0 Å². The lowest BCUT2D eigenvalue weighted by molar-refractivity contribution is 0.126. The van der Waals surface area contributed by atoms with Gasteiger partial charge in [0.15, 0.2) is 0 Å². The number of rotatable bonds is 5. The summed E-state index contributed by atoms with van der Waals surface area (Å²) in [5, 5.41) is 12.3. The fourth-order valence-corrected chi connectivity index (χ4v) is 1.63. The summed E-state index contributed by atoms with van der Waals surface area (Å²) >= 11 is 0. The van der Waals surface area contributed by atoms with E-state index in [-0.39, 0.29) is 0 Å². The van der Waals surface area contributed by atoms with Crippen LogP contribution in [0.1, 0.15) is 33.1 Å². The maximum Gasteiger partial charge on any atom is 0.0460 e. The molecule has 1 fully saturated rings. The minimum atomic E-state index is 0.377. The minimum Gasteiger partial charge on any atom is -0.396 e. The van der Waals surface area contributed by atoms with E-state index in [0.717, 1.165) is 12.5 Å². The van der Waals surface area contributed by atoms with Crippen LogP contribution >= 0.6 is 0 Å². The van der Waals surface area contributed by atoms with E-state index in [2.05, 4.69) is 19.2 Å². The zero-order valence-corrected chi connectivity index (χ0v) is 8.21. The van der Waals surface area contributed by atoms with E-state index >= 15 is 0 Å². The van der Waals surface area contributed by atoms with E-state index in [1.807, 2.05) is 0 Å². The van der Waals surface area contributed by atoms with Crippen LogP contribution < -0.4 is 5.32 Å². The molecule has 0 heterocycles. The van der Waals surface area contributed by atoms with Crippen LogP contribution in [0.4, 0.5) is 0 Å². The first-order valence-electron chi connectivity index (χ1n) is 5.06. The lowest BCUT2D eigenvalue weighted by Crippen LogP contribution is -2.43. The van der Waals surface area contributed by atoms with Crippen molar-refractivity contribution in [2.24, 2.45) is 11.8 Å². The molecule has 0 bridgehead atoms. The van der Waals surface area contributed by atoms with E-state index in [0.29, 0.717) is 18.6 Å². The maximum atomic E-state index is 8.79. The van der Waals surface area contributed by atoms with Gasteiger partial charge >= 0.3 is 0 Å². The van der Waals surface area contributed by atoms with Crippen LogP contribution in [0.5, 0.6) is 0 Å². The van der Waals surface area contributed by atoms with E-state index in [9.17, 15) is 0 Å². The van der Waals surface area contributed by atoms with Crippen molar-refractivity contribution in [3.63, 3.8) is 0 Å². The van der Waals surface area contributed by atoms with Crippen LogP contribution in [0.3, 0.4) is 0 Å². The molecule has 0 aromatic heterocycles. The number of aliphatic hydroxyl groups is 1. The largest absolute Gasteiger partial charge is 0.396 e. The molecule has 1 aliphatic rings. The molecule has 0 unspecified atom stereocenters. The Hall–Kier alpha value is -0.0800. The van der Waals surface area contributed by atoms with E-state index in [1.165, 1.54) is 19.3 Å². The zero-order chi connectivity index (χ0) is 8.97. The highest BCUT2D eigenvalue weighted by Gasteiger charge is 2.27. The highest BCUT2D eigenvalue weighted by molar-refractivity contribution is 4.84. The maximum absolute atomic E-state index is 8.79. The molecule has 0 saturated heterocycles. The van der Waals surface area contributed by atoms with Gasteiger partial charge in [0.2, 0.25) is 0 Å². The van der Waals surface area contributed by atoms with Gasteiger partial charge < -0.3 is 10.4 Å². The molecule has 0 radical (unpaired) electrons. The van der Waals surface area contributed by atoms with Gasteiger partial charge in [0, 0.05) is 12.6 Å². The second kappa shape index (κ2) is 4.83. The van der Waals surface area contributed by atoms with Gasteiger partial charge in [-0.05, 0) is 37.6 Å². The van der Waals surface area contributed by atoms with Gasteiger partial charge in [0.05, 0.1) is 0 Å². The molecule has 12 heavy (non-hydrogen) atoms. The van der Waals surface area contributed by atoms with Gasteiger partial charge in [-0.15, -0.1) is 0 Å². The third-order valence-electron chi connectivity index (χ3n) is 2.65. The van der Waals surface area contributed by atoms with Crippen molar-refractivity contribution < 1.29 is 5.11 Å². The summed E-state index contributed by atoms with van der Waals surface area (Å²) in [5.41, 5.74) is 0. The van der Waals surface area contributed by atoms with Crippen LogP contribution in [0.15, 0.2) is 0 Å². The van der Waals surface area contributed by atoms with Gasteiger partial charge in [-0.25, -0.2) is 0 Å². The van der Waals surface area contributed by atoms with Crippen molar-refractivity contribution in [1.82, 2.24) is 5.32 Å². The molecule has 0 aromatic rings. The Morgan fingerprint density at radius 3 is 2.58 bits per heavy atom. The summed E-state index contributed by atoms with van der Waals surface area (Å²) in [5.74, 6) is 1.38. The van der Waals surface area contributed by atoms with Gasteiger partial charge in [0.1, 0.15) is 0 Å². The second-order valence-corrected chi connectivity index (χ2v) is 4.35. The van der Waals surface area contributed by atoms with E-state index in [4.69, 9.17) is 5.11 Å². The van der Waals surface area contributed by atoms with Crippen LogP contribution in [-0.4, -0.2) is 24.3 Å². The molecule has 2 nitrogen and oxygen atoms in total. The summed E-state index contributed by atoms with van der Waals surface area (Å²) < 4.78 is 0. The Kier molecular flexibility index (Phi) is 4.02. The number of hydrogen-bond donors (Lipinski definition) is 2. The monoisotopic (exact) mass is 171 g/mol. The van der Waals surface area contributed by atoms with Crippen LogP contribution in [-0.2, 0) is 0 Å². The first-order valence-corrected chi connectivity index (χ1v) is 5.06. The Morgan fingerprint density at radius 2 is 2.08 bits per heavy atom. The standard InChI is InChI=1S/C10H21NO/c1-8(2)3-4-11-10-5-9(6-10)7-12/h8-12H,3-7H2,1-2H3. The Bertz CT molecular complexity index is 119. The Balaban J connectivity index is 1.90. The molecular weight excluding hydrogens is 150 g/mol. The quantitative estimate of drug-likeness (QED) is 0.655. The van der Waals surface area contributed by atoms with Gasteiger partial charge in [-0.3, -0.25) is 0 Å². The van der Waals surface area contributed by atoms with Gasteiger partial charge in [-0.2, -0.15) is 0 Å². The Morgan fingerprint density at radius 1 is 1.42 bits per heavy atom. The average Bonchev–Trinajstić information content (AvgIpc) is 1.93. The smallest absolute Gasteiger partial charge is 0.0460 e. The first-order chi connectivity index (χ1) is 5.72. The van der Waals surface area contributed by atoms with E-state index < -0.39 is 0 Å². The molecule has 0 aromatic carbocycles. The average molecular weight is 171 g/mol. The van der Waals surface area contributed by atoms with Crippen molar-refractivity contribution in [1.29, 1.82) is 0 Å². The number of aliphatic hydroxyl groups excluding tert-OH is 1. The molecular formula is C10H21NO. The van der Waals surface area contributed by atoms with Crippen molar-refractivity contribution in [2.45, 2.75) is 39.2 Å². The van der Waals surface area contributed by atoms with Crippen LogP contribution in [0, 0.1) is 11.8 Å². The molecule has 0 atom stereocenters. The highest BCUT2D eigenvalue weighted by Crippen LogP contribution is 2.26. The van der Waals surface area contributed by atoms with Gasteiger partial charge in [0.25, 0.3) is 0 Å². The molecule has 1 rings (SSSR count). The molecule has 0 aliphatic heterocycles. The summed E-state index contributed by atoms with van der Waals surface area (Å²) in [6.45, 7) is 6.01. The van der Waals surface area contributed by atoms with Gasteiger partial charge in [-0.1, -0.05) is 13.8 Å². The lowest BCUT2D eigenvalue weighted by atomic mass is 9.81. The molecule has 1 aliphatic carbocycles. The summed E-state index contributed by atoms with van der Waals surface area (Å²) in [6.07, 6.45) is 3.61. The number of nitrogens with one attached hydrogen (secondary N) is 1. The Labute approximate surface area is 75.4 Å². The zero-order valence-electron chi connectivity index (χ0n) is 8.21. The van der Waals surface area contributed by atoms with Crippen molar-refractivity contribution in [3.05, 3.63) is 0 Å². The lowest BCUT2D eigenvalue weighted by Gasteiger charge is -2.34. The fraction of sp³-hybridized carbons (Fsp3) is 1.00.